The van der Waals surface area contributed by atoms with E-state index in [0.717, 1.165) is 11.4 Å². The largest absolute Gasteiger partial charge is 0.392 e. The molecule has 1 aromatic carbocycles. The van der Waals surface area contributed by atoms with E-state index in [9.17, 15) is 4.79 Å². The van der Waals surface area contributed by atoms with Crippen molar-refractivity contribution < 1.29 is 4.79 Å². The lowest BCUT2D eigenvalue weighted by Crippen LogP contribution is -2.45. The summed E-state index contributed by atoms with van der Waals surface area (Å²) < 4.78 is 0. The third kappa shape index (κ3) is 3.10. The van der Waals surface area contributed by atoms with Gasteiger partial charge in [0.25, 0.3) is 0 Å². The van der Waals surface area contributed by atoms with Gasteiger partial charge in [-0.15, -0.1) is 0 Å². The highest BCUT2D eigenvalue weighted by Gasteiger charge is 2.38. The summed E-state index contributed by atoms with van der Waals surface area (Å²) in [5.41, 5.74) is 6.74. The lowest BCUT2D eigenvalue weighted by molar-refractivity contribution is -0.122. The maximum absolute atomic E-state index is 12.6. The molecule has 0 aliphatic heterocycles. The van der Waals surface area contributed by atoms with Crippen LogP contribution in [0.15, 0.2) is 24.3 Å². The van der Waals surface area contributed by atoms with Crippen molar-refractivity contribution in [1.82, 2.24) is 0 Å². The number of para-hydroxylation sites is 2. The van der Waals surface area contributed by atoms with Crippen molar-refractivity contribution >= 4 is 34.5 Å². The van der Waals surface area contributed by atoms with Gasteiger partial charge in [0, 0.05) is 14.1 Å². The Balaban J connectivity index is 3.09. The Labute approximate surface area is 126 Å². The summed E-state index contributed by atoms with van der Waals surface area (Å²) in [5.74, 6) is -0.135. The molecule has 0 saturated heterocycles. The van der Waals surface area contributed by atoms with Crippen LogP contribution >= 0.6 is 12.2 Å². The number of nitrogens with zero attached hydrogens (tertiary/aromatic N) is 1. The molecule has 3 N–H and O–H groups in total. The molecule has 0 saturated carbocycles. The van der Waals surface area contributed by atoms with Crippen molar-refractivity contribution in [1.29, 1.82) is 0 Å². The minimum Gasteiger partial charge on any atom is -0.392 e. The third-order valence-electron chi connectivity index (χ3n) is 3.75. The van der Waals surface area contributed by atoms with Crippen LogP contribution in [-0.4, -0.2) is 25.0 Å². The molecule has 5 heteroatoms. The van der Waals surface area contributed by atoms with Crippen LogP contribution in [0.25, 0.3) is 0 Å². The van der Waals surface area contributed by atoms with Crippen LogP contribution in [0.1, 0.15) is 26.7 Å². The number of nitrogens with two attached hydrogens (primary N) is 1. The van der Waals surface area contributed by atoms with E-state index in [1.54, 1.807) is 0 Å². The molecule has 20 heavy (non-hydrogen) atoms. The third-order valence-corrected chi connectivity index (χ3v) is 4.14. The molecule has 110 valence electrons. The van der Waals surface area contributed by atoms with Crippen molar-refractivity contribution in [2.24, 2.45) is 11.1 Å². The van der Waals surface area contributed by atoms with Crippen LogP contribution in [-0.2, 0) is 4.79 Å². The number of thiocarbonyl (C=S) groups is 1. The summed E-state index contributed by atoms with van der Waals surface area (Å²) in [6, 6.07) is 7.66. The fraction of sp³-hybridized carbons (Fsp3) is 0.467. The van der Waals surface area contributed by atoms with Gasteiger partial charge < -0.3 is 16.0 Å². The van der Waals surface area contributed by atoms with E-state index >= 15 is 0 Å². The smallest absolute Gasteiger partial charge is 0.237 e. The number of carbonyl (C=O) groups is 1. The van der Waals surface area contributed by atoms with Gasteiger partial charge in [0.1, 0.15) is 0 Å². The van der Waals surface area contributed by atoms with Crippen molar-refractivity contribution in [3.63, 3.8) is 0 Å². The predicted octanol–water partition coefficient (Wildman–Crippen LogP) is 2.78. The van der Waals surface area contributed by atoms with Crippen LogP contribution in [0.5, 0.6) is 0 Å². The maximum Gasteiger partial charge on any atom is 0.237 e. The van der Waals surface area contributed by atoms with E-state index in [4.69, 9.17) is 18.0 Å². The van der Waals surface area contributed by atoms with Gasteiger partial charge in [0.2, 0.25) is 5.91 Å². The fourth-order valence-electron chi connectivity index (χ4n) is 2.24. The molecule has 1 aromatic rings. The zero-order valence-corrected chi connectivity index (χ0v) is 13.4. The Morgan fingerprint density at radius 2 is 1.85 bits per heavy atom. The molecule has 0 spiro atoms. The normalized spacial score (nSPS) is 11.0. The molecule has 0 unspecified atom stereocenters. The highest BCUT2D eigenvalue weighted by molar-refractivity contribution is 7.80. The first-order valence-electron chi connectivity index (χ1n) is 6.76. The van der Waals surface area contributed by atoms with Gasteiger partial charge in [-0.1, -0.05) is 38.2 Å². The van der Waals surface area contributed by atoms with E-state index in [0.29, 0.717) is 12.8 Å². The summed E-state index contributed by atoms with van der Waals surface area (Å²) in [4.78, 5) is 14.8. The number of carbonyl (C=O) groups excluding carboxylic acids is 1. The first-order chi connectivity index (χ1) is 9.39. The lowest BCUT2D eigenvalue weighted by Gasteiger charge is -2.29. The molecule has 0 radical (unpaired) electrons. The van der Waals surface area contributed by atoms with Crippen molar-refractivity contribution in [3.05, 3.63) is 24.3 Å². The summed E-state index contributed by atoms with van der Waals surface area (Å²) in [5, 5.41) is 2.97. The minimum atomic E-state index is -0.783. The van der Waals surface area contributed by atoms with Gasteiger partial charge in [-0.3, -0.25) is 4.79 Å². The van der Waals surface area contributed by atoms with Crippen molar-refractivity contribution in [2.45, 2.75) is 26.7 Å². The van der Waals surface area contributed by atoms with Gasteiger partial charge in [-0.05, 0) is 25.0 Å². The quantitative estimate of drug-likeness (QED) is 0.792. The van der Waals surface area contributed by atoms with Gasteiger partial charge in [0.05, 0.1) is 21.8 Å². The average molecular weight is 293 g/mol. The van der Waals surface area contributed by atoms with Crippen LogP contribution in [0.4, 0.5) is 11.4 Å². The predicted molar refractivity (Wildman–Crippen MR) is 89.2 cm³/mol. The molecule has 0 aromatic heterocycles. The topological polar surface area (TPSA) is 58.4 Å². The molecule has 0 bridgehead atoms. The Morgan fingerprint density at radius 1 is 1.30 bits per heavy atom. The molecule has 0 fully saturated rings. The molecular formula is C15H23N3OS. The van der Waals surface area contributed by atoms with E-state index in [2.05, 4.69) is 5.32 Å². The molecule has 4 nitrogen and oxygen atoms in total. The first kappa shape index (κ1) is 16.4. The molecular weight excluding hydrogens is 270 g/mol. The Bertz CT molecular complexity index is 496. The zero-order valence-electron chi connectivity index (χ0n) is 12.6. The number of hydrogen-bond acceptors (Lipinski definition) is 3. The monoisotopic (exact) mass is 293 g/mol. The summed E-state index contributed by atoms with van der Waals surface area (Å²) in [6.45, 7) is 3.86. The SMILES string of the molecule is CCC(CC)(C(=O)Nc1ccccc1N(C)C)C(N)=S. The van der Waals surface area contributed by atoms with E-state index < -0.39 is 5.41 Å². The Morgan fingerprint density at radius 3 is 2.30 bits per heavy atom. The number of rotatable bonds is 6. The van der Waals surface area contributed by atoms with Crippen LogP contribution < -0.4 is 16.0 Å². The van der Waals surface area contributed by atoms with Crippen LogP contribution in [0, 0.1) is 5.41 Å². The molecule has 0 aliphatic carbocycles. The number of benzene rings is 1. The van der Waals surface area contributed by atoms with Crippen LogP contribution in [0.3, 0.4) is 0 Å². The Hall–Kier alpha value is -1.62. The standard InChI is InChI=1S/C15H23N3OS/c1-5-15(6-2,13(16)20)14(19)17-11-9-7-8-10-12(11)18(3)4/h7-10H,5-6H2,1-4H3,(H2,16,20)(H,17,19). The highest BCUT2D eigenvalue weighted by Crippen LogP contribution is 2.31. The summed E-state index contributed by atoms with van der Waals surface area (Å²) in [7, 11) is 3.87. The van der Waals surface area contributed by atoms with Gasteiger partial charge in [0.15, 0.2) is 0 Å². The summed E-state index contributed by atoms with van der Waals surface area (Å²) in [6.07, 6.45) is 1.18. The second-order valence-electron chi connectivity index (χ2n) is 5.02. The molecule has 0 aliphatic rings. The number of anilines is 2. The van der Waals surface area contributed by atoms with Gasteiger partial charge in [-0.25, -0.2) is 0 Å². The minimum absolute atomic E-state index is 0.135. The van der Waals surface area contributed by atoms with E-state index in [1.807, 2.05) is 57.1 Å². The van der Waals surface area contributed by atoms with E-state index in [-0.39, 0.29) is 10.9 Å². The molecule has 1 rings (SSSR count). The molecule has 1 amide bonds. The number of nitrogens with one attached hydrogen (secondary N) is 1. The van der Waals surface area contributed by atoms with Gasteiger partial charge in [-0.2, -0.15) is 0 Å². The van der Waals surface area contributed by atoms with E-state index in [1.165, 1.54) is 0 Å². The lowest BCUT2D eigenvalue weighted by atomic mass is 9.81. The molecule has 0 heterocycles. The average Bonchev–Trinajstić information content (AvgIpc) is 2.40. The fourth-order valence-corrected chi connectivity index (χ4v) is 2.62. The summed E-state index contributed by atoms with van der Waals surface area (Å²) >= 11 is 5.11. The van der Waals surface area contributed by atoms with Crippen molar-refractivity contribution in [2.75, 3.05) is 24.3 Å². The first-order valence-corrected chi connectivity index (χ1v) is 7.17. The van der Waals surface area contributed by atoms with Crippen molar-refractivity contribution in [3.8, 4) is 0 Å². The maximum atomic E-state index is 12.6. The number of amides is 1. The number of hydrogen-bond donors (Lipinski definition) is 2. The molecule has 0 atom stereocenters. The van der Waals surface area contributed by atoms with Gasteiger partial charge >= 0.3 is 0 Å². The highest BCUT2D eigenvalue weighted by atomic mass is 32.1. The zero-order chi connectivity index (χ0) is 15.3. The van der Waals surface area contributed by atoms with Crippen LogP contribution in [0.2, 0.25) is 0 Å². The second-order valence-corrected chi connectivity index (χ2v) is 5.46. The second kappa shape index (κ2) is 6.70. The Kier molecular flexibility index (Phi) is 5.51.